The minimum atomic E-state index is -4.57. The third-order valence-electron chi connectivity index (χ3n) is 1.75. The van der Waals surface area contributed by atoms with Crippen molar-refractivity contribution in [2.75, 3.05) is 6.54 Å². The van der Waals surface area contributed by atoms with Crippen molar-refractivity contribution in [2.24, 2.45) is 0 Å². The Morgan fingerprint density at radius 2 is 2.07 bits per heavy atom. The lowest BCUT2D eigenvalue weighted by molar-refractivity contribution is -0.157. The van der Waals surface area contributed by atoms with E-state index in [1.54, 1.807) is 6.92 Å². The molecule has 1 aromatic heterocycles. The molecule has 1 atom stereocenters. The summed E-state index contributed by atoms with van der Waals surface area (Å²) >= 11 is 0. The average Bonchev–Trinajstić information content (AvgIpc) is 2.62. The summed E-state index contributed by atoms with van der Waals surface area (Å²) in [5, 5.41) is 9.22. The molecule has 1 unspecified atom stereocenters. The number of rotatable bonds is 4. The van der Waals surface area contributed by atoms with Crippen LogP contribution in [-0.4, -0.2) is 16.7 Å². The fourth-order valence-electron chi connectivity index (χ4n) is 0.972. The van der Waals surface area contributed by atoms with Crippen LogP contribution in [0.1, 0.15) is 38.1 Å². The monoisotopic (exact) mass is 223 g/mol. The Labute approximate surface area is 84.9 Å². The Hall–Kier alpha value is -1.11. The molecular weight excluding hydrogens is 211 g/mol. The molecule has 0 bridgehead atoms. The molecule has 15 heavy (non-hydrogen) atoms. The van der Waals surface area contributed by atoms with Gasteiger partial charge in [0.05, 0.1) is 6.04 Å². The third kappa shape index (κ3) is 3.19. The second-order valence-electron chi connectivity index (χ2n) is 3.12. The topological polar surface area (TPSA) is 51.0 Å². The summed E-state index contributed by atoms with van der Waals surface area (Å²) in [5.41, 5.74) is 0. The lowest BCUT2D eigenvalue weighted by atomic mass is 10.3. The first kappa shape index (κ1) is 12.0. The van der Waals surface area contributed by atoms with Crippen molar-refractivity contribution >= 4 is 0 Å². The Balaban J connectivity index is 2.67. The number of nitrogens with one attached hydrogen (secondary N) is 1. The molecule has 7 heteroatoms. The van der Waals surface area contributed by atoms with Crippen molar-refractivity contribution in [2.45, 2.75) is 32.5 Å². The molecule has 1 N–H and O–H groups in total. The molecule has 86 valence electrons. The number of hydrogen-bond donors (Lipinski definition) is 1. The van der Waals surface area contributed by atoms with Crippen LogP contribution in [0.4, 0.5) is 13.2 Å². The van der Waals surface area contributed by atoms with Gasteiger partial charge >= 0.3 is 12.1 Å². The predicted molar refractivity (Wildman–Crippen MR) is 46.0 cm³/mol. The van der Waals surface area contributed by atoms with Crippen LogP contribution in [0.3, 0.4) is 0 Å². The van der Waals surface area contributed by atoms with E-state index >= 15 is 0 Å². The van der Waals surface area contributed by atoms with Crippen LogP contribution in [0, 0.1) is 0 Å². The van der Waals surface area contributed by atoms with Crippen molar-refractivity contribution in [3.05, 3.63) is 11.8 Å². The van der Waals surface area contributed by atoms with Crippen LogP contribution in [0.5, 0.6) is 0 Å². The molecule has 0 aliphatic carbocycles. The van der Waals surface area contributed by atoms with Gasteiger partial charge in [-0.05, 0) is 19.9 Å². The first-order valence-electron chi connectivity index (χ1n) is 4.59. The standard InChI is InChI=1S/C8H12F3N3O/c1-3-4-12-5(2)6-13-14-7(15-6)8(9,10)11/h5,12H,3-4H2,1-2H3. The zero-order valence-corrected chi connectivity index (χ0v) is 8.43. The normalized spacial score (nSPS) is 14.2. The zero-order valence-electron chi connectivity index (χ0n) is 8.43. The lowest BCUT2D eigenvalue weighted by Crippen LogP contribution is -2.19. The fourth-order valence-corrected chi connectivity index (χ4v) is 0.972. The Morgan fingerprint density at radius 3 is 2.53 bits per heavy atom. The molecule has 1 heterocycles. The van der Waals surface area contributed by atoms with Gasteiger partial charge in [0.25, 0.3) is 0 Å². The molecule has 0 saturated heterocycles. The highest BCUT2D eigenvalue weighted by Crippen LogP contribution is 2.28. The van der Waals surface area contributed by atoms with E-state index in [0.717, 1.165) is 6.42 Å². The van der Waals surface area contributed by atoms with Gasteiger partial charge < -0.3 is 9.73 Å². The Kier molecular flexibility index (Phi) is 3.67. The van der Waals surface area contributed by atoms with Crippen LogP contribution in [-0.2, 0) is 6.18 Å². The van der Waals surface area contributed by atoms with Gasteiger partial charge in [0.15, 0.2) is 0 Å². The first-order chi connectivity index (χ1) is 6.95. The summed E-state index contributed by atoms with van der Waals surface area (Å²) < 4.78 is 40.8. The smallest absolute Gasteiger partial charge is 0.416 e. The Bertz CT molecular complexity index is 310. The van der Waals surface area contributed by atoms with Crippen molar-refractivity contribution in [1.29, 1.82) is 0 Å². The predicted octanol–water partition coefficient (Wildman–Crippen LogP) is 2.15. The number of hydrogen-bond acceptors (Lipinski definition) is 4. The van der Waals surface area contributed by atoms with E-state index in [4.69, 9.17) is 0 Å². The number of alkyl halides is 3. The van der Waals surface area contributed by atoms with E-state index in [1.807, 2.05) is 6.92 Å². The SMILES string of the molecule is CCCNC(C)c1nnc(C(F)(F)F)o1. The highest BCUT2D eigenvalue weighted by molar-refractivity contribution is 4.90. The molecule has 1 rings (SSSR count). The Morgan fingerprint density at radius 1 is 1.40 bits per heavy atom. The lowest BCUT2D eigenvalue weighted by Gasteiger charge is -2.07. The number of aromatic nitrogens is 2. The van der Waals surface area contributed by atoms with E-state index in [9.17, 15) is 13.2 Å². The van der Waals surface area contributed by atoms with Gasteiger partial charge in [-0.3, -0.25) is 0 Å². The van der Waals surface area contributed by atoms with Crippen molar-refractivity contribution < 1.29 is 17.6 Å². The maximum Gasteiger partial charge on any atom is 0.470 e. The van der Waals surface area contributed by atoms with E-state index in [-0.39, 0.29) is 11.9 Å². The van der Waals surface area contributed by atoms with E-state index in [1.165, 1.54) is 0 Å². The van der Waals surface area contributed by atoms with Gasteiger partial charge in [-0.25, -0.2) is 0 Å². The summed E-state index contributed by atoms with van der Waals surface area (Å²) in [6.07, 6.45) is -3.69. The number of halogens is 3. The van der Waals surface area contributed by atoms with Gasteiger partial charge in [-0.2, -0.15) is 13.2 Å². The van der Waals surface area contributed by atoms with Gasteiger partial charge in [-0.1, -0.05) is 6.92 Å². The minimum Gasteiger partial charge on any atom is -0.416 e. The van der Waals surface area contributed by atoms with Crippen LogP contribution < -0.4 is 5.32 Å². The van der Waals surface area contributed by atoms with Crippen LogP contribution in [0.2, 0.25) is 0 Å². The number of nitrogens with zero attached hydrogens (tertiary/aromatic N) is 2. The average molecular weight is 223 g/mol. The second-order valence-corrected chi connectivity index (χ2v) is 3.12. The quantitative estimate of drug-likeness (QED) is 0.849. The molecule has 0 radical (unpaired) electrons. The van der Waals surface area contributed by atoms with Crippen LogP contribution >= 0.6 is 0 Å². The first-order valence-corrected chi connectivity index (χ1v) is 4.59. The summed E-state index contributed by atoms with van der Waals surface area (Å²) in [5.74, 6) is -1.35. The van der Waals surface area contributed by atoms with Crippen molar-refractivity contribution in [3.8, 4) is 0 Å². The third-order valence-corrected chi connectivity index (χ3v) is 1.75. The highest BCUT2D eigenvalue weighted by Gasteiger charge is 2.38. The second kappa shape index (κ2) is 4.61. The summed E-state index contributed by atoms with van der Waals surface area (Å²) in [6, 6.07) is -0.367. The molecule has 4 nitrogen and oxygen atoms in total. The molecule has 0 amide bonds. The van der Waals surface area contributed by atoms with Gasteiger partial charge in [0.1, 0.15) is 0 Å². The van der Waals surface area contributed by atoms with Crippen molar-refractivity contribution in [1.82, 2.24) is 15.5 Å². The summed E-state index contributed by atoms with van der Waals surface area (Å²) in [7, 11) is 0. The molecule has 0 aliphatic rings. The van der Waals surface area contributed by atoms with E-state index in [2.05, 4.69) is 19.9 Å². The van der Waals surface area contributed by atoms with Crippen LogP contribution in [0.25, 0.3) is 0 Å². The molecule has 0 fully saturated rings. The zero-order chi connectivity index (χ0) is 11.5. The fraction of sp³-hybridized carbons (Fsp3) is 0.750. The molecule has 0 saturated carbocycles. The molecule has 0 spiro atoms. The van der Waals surface area contributed by atoms with E-state index < -0.39 is 12.1 Å². The highest BCUT2D eigenvalue weighted by atomic mass is 19.4. The molecule has 1 aromatic rings. The minimum absolute atomic E-state index is 0.0456. The van der Waals surface area contributed by atoms with Gasteiger partial charge in [-0.15, -0.1) is 10.2 Å². The van der Waals surface area contributed by atoms with Crippen molar-refractivity contribution in [3.63, 3.8) is 0 Å². The van der Waals surface area contributed by atoms with E-state index in [0.29, 0.717) is 6.54 Å². The summed E-state index contributed by atoms with van der Waals surface area (Å²) in [6.45, 7) is 4.31. The van der Waals surface area contributed by atoms with Gasteiger partial charge in [0.2, 0.25) is 5.89 Å². The summed E-state index contributed by atoms with van der Waals surface area (Å²) in [4.78, 5) is 0. The van der Waals surface area contributed by atoms with Gasteiger partial charge in [0, 0.05) is 0 Å². The maximum atomic E-state index is 12.1. The largest absolute Gasteiger partial charge is 0.470 e. The molecule has 0 aliphatic heterocycles. The molecule has 0 aromatic carbocycles. The molecular formula is C8H12F3N3O. The van der Waals surface area contributed by atoms with Crippen LogP contribution in [0.15, 0.2) is 4.42 Å². The maximum absolute atomic E-state index is 12.1.